The molecule has 1 N–H and O–H groups in total. The molecule has 1 fully saturated rings. The number of aryl methyl sites for hydroxylation is 1. The Labute approximate surface area is 144 Å². The first kappa shape index (κ1) is 15.5. The molecule has 24 heavy (non-hydrogen) atoms. The fourth-order valence-corrected chi connectivity index (χ4v) is 4.26. The molecule has 0 saturated carbocycles. The monoisotopic (exact) mass is 322 g/mol. The maximum absolute atomic E-state index is 5.42. The first-order valence-electron chi connectivity index (χ1n) is 9.08. The highest BCUT2D eigenvalue weighted by Gasteiger charge is 2.32. The van der Waals surface area contributed by atoms with E-state index < -0.39 is 0 Å². The second-order valence-corrected chi connectivity index (χ2v) is 6.78. The number of hydrogen-bond acceptors (Lipinski definition) is 3. The van der Waals surface area contributed by atoms with Crippen LogP contribution >= 0.6 is 0 Å². The molecule has 0 bridgehead atoms. The third-order valence-electron chi connectivity index (χ3n) is 5.47. The van der Waals surface area contributed by atoms with Gasteiger partial charge in [0.2, 0.25) is 0 Å². The molecule has 2 aliphatic heterocycles. The van der Waals surface area contributed by atoms with E-state index in [4.69, 9.17) is 4.74 Å². The van der Waals surface area contributed by atoms with E-state index >= 15 is 0 Å². The van der Waals surface area contributed by atoms with Crippen molar-refractivity contribution in [3.8, 4) is 16.9 Å². The third kappa shape index (κ3) is 2.57. The Morgan fingerprint density at radius 2 is 2.08 bits per heavy atom. The molecule has 0 aliphatic carbocycles. The molecule has 2 aliphatic rings. The largest absolute Gasteiger partial charge is 0.497 e. The van der Waals surface area contributed by atoms with Gasteiger partial charge in [-0.3, -0.25) is 0 Å². The summed E-state index contributed by atoms with van der Waals surface area (Å²) in [5, 5.41) is 3.55. The van der Waals surface area contributed by atoms with Crippen molar-refractivity contribution in [1.29, 1.82) is 0 Å². The molecular weight excluding hydrogens is 296 g/mol. The first-order valence-corrected chi connectivity index (χ1v) is 9.08. The van der Waals surface area contributed by atoms with E-state index in [0.29, 0.717) is 6.04 Å². The molecule has 0 spiro atoms. The number of fused-ring (bicyclic) bond motifs is 3. The summed E-state index contributed by atoms with van der Waals surface area (Å²) in [4.78, 5) is 2.65. The number of rotatable bonds is 3. The third-order valence-corrected chi connectivity index (χ3v) is 5.47. The summed E-state index contributed by atoms with van der Waals surface area (Å²) in [5.41, 5.74) is 7.08. The Balaban J connectivity index is 1.83. The minimum absolute atomic E-state index is 0.652. The second-order valence-electron chi connectivity index (χ2n) is 6.78. The van der Waals surface area contributed by atoms with Gasteiger partial charge in [0.15, 0.2) is 0 Å². The van der Waals surface area contributed by atoms with Crippen molar-refractivity contribution in [2.75, 3.05) is 31.6 Å². The molecule has 2 heterocycles. The predicted octanol–water partition coefficient (Wildman–Crippen LogP) is 3.65. The van der Waals surface area contributed by atoms with E-state index in [2.05, 4.69) is 53.5 Å². The van der Waals surface area contributed by atoms with Crippen LogP contribution in [0.25, 0.3) is 11.1 Å². The van der Waals surface area contributed by atoms with Crippen molar-refractivity contribution < 1.29 is 4.74 Å². The standard InChI is InChI=1S/C21H26N2O/c1-3-15-14-18(24-2)7-8-19(15)20-6-4-5-16-13-17-9-10-22-11-12-23(17)21(16)20/h4-8,14,17,22H,3,9-13H2,1-2H3. The average Bonchev–Trinajstić information content (AvgIpc) is 2.82. The summed E-state index contributed by atoms with van der Waals surface area (Å²) in [6.07, 6.45) is 3.43. The summed E-state index contributed by atoms with van der Waals surface area (Å²) in [6.45, 7) is 5.53. The molecule has 0 radical (unpaired) electrons. The van der Waals surface area contributed by atoms with Gasteiger partial charge < -0.3 is 15.0 Å². The lowest BCUT2D eigenvalue weighted by molar-refractivity contribution is 0.414. The molecule has 1 unspecified atom stereocenters. The molecule has 0 aromatic heterocycles. The van der Waals surface area contributed by atoms with Crippen LogP contribution in [0.3, 0.4) is 0 Å². The zero-order chi connectivity index (χ0) is 16.5. The summed E-state index contributed by atoms with van der Waals surface area (Å²) in [7, 11) is 1.74. The Bertz CT molecular complexity index is 741. The van der Waals surface area contributed by atoms with Crippen molar-refractivity contribution in [2.45, 2.75) is 32.2 Å². The number of anilines is 1. The Morgan fingerprint density at radius 1 is 1.17 bits per heavy atom. The molecule has 1 saturated heterocycles. The van der Waals surface area contributed by atoms with Gasteiger partial charge in [-0.15, -0.1) is 0 Å². The van der Waals surface area contributed by atoms with Crippen molar-refractivity contribution in [3.05, 3.63) is 47.5 Å². The van der Waals surface area contributed by atoms with Crippen LogP contribution in [0.1, 0.15) is 24.5 Å². The van der Waals surface area contributed by atoms with Crippen LogP contribution in [0.4, 0.5) is 5.69 Å². The minimum Gasteiger partial charge on any atom is -0.497 e. The normalized spacial score (nSPS) is 19.6. The van der Waals surface area contributed by atoms with Crippen LogP contribution in [-0.2, 0) is 12.8 Å². The van der Waals surface area contributed by atoms with Crippen LogP contribution in [0, 0.1) is 0 Å². The molecule has 2 aromatic rings. The zero-order valence-corrected chi connectivity index (χ0v) is 14.6. The maximum Gasteiger partial charge on any atom is 0.119 e. The van der Waals surface area contributed by atoms with Crippen LogP contribution in [0.5, 0.6) is 5.75 Å². The second kappa shape index (κ2) is 6.48. The van der Waals surface area contributed by atoms with E-state index in [-0.39, 0.29) is 0 Å². The summed E-state index contributed by atoms with van der Waals surface area (Å²) in [5.74, 6) is 0.944. The number of nitrogens with one attached hydrogen (secondary N) is 1. The van der Waals surface area contributed by atoms with E-state index in [1.165, 1.54) is 40.8 Å². The van der Waals surface area contributed by atoms with Crippen molar-refractivity contribution >= 4 is 5.69 Å². The molecule has 3 heteroatoms. The van der Waals surface area contributed by atoms with Crippen LogP contribution < -0.4 is 15.0 Å². The molecule has 4 rings (SSSR count). The molecular formula is C21H26N2O. The highest BCUT2D eigenvalue weighted by atomic mass is 16.5. The number of ether oxygens (including phenoxy) is 1. The maximum atomic E-state index is 5.42. The summed E-state index contributed by atoms with van der Waals surface area (Å²) < 4.78 is 5.42. The summed E-state index contributed by atoms with van der Waals surface area (Å²) in [6, 6.07) is 14.0. The van der Waals surface area contributed by atoms with Crippen molar-refractivity contribution in [2.24, 2.45) is 0 Å². The molecule has 3 nitrogen and oxygen atoms in total. The number of methoxy groups -OCH3 is 1. The molecule has 1 atom stereocenters. The van der Waals surface area contributed by atoms with E-state index in [9.17, 15) is 0 Å². The summed E-state index contributed by atoms with van der Waals surface area (Å²) >= 11 is 0. The average molecular weight is 322 g/mol. The molecule has 2 aromatic carbocycles. The predicted molar refractivity (Wildman–Crippen MR) is 100 cm³/mol. The van der Waals surface area contributed by atoms with Gasteiger partial charge in [0.1, 0.15) is 5.75 Å². The molecule has 126 valence electrons. The van der Waals surface area contributed by atoms with Crippen LogP contribution in [-0.4, -0.2) is 32.8 Å². The van der Waals surface area contributed by atoms with Gasteiger partial charge in [-0.1, -0.05) is 31.2 Å². The van der Waals surface area contributed by atoms with Crippen molar-refractivity contribution in [1.82, 2.24) is 5.32 Å². The topological polar surface area (TPSA) is 24.5 Å². The fraction of sp³-hybridized carbons (Fsp3) is 0.429. The minimum atomic E-state index is 0.652. The van der Waals surface area contributed by atoms with Gasteiger partial charge in [-0.05, 0) is 54.6 Å². The number of nitrogens with zero attached hydrogens (tertiary/aromatic N) is 1. The Hall–Kier alpha value is -2.00. The van der Waals surface area contributed by atoms with Gasteiger partial charge in [0, 0.05) is 30.4 Å². The lowest BCUT2D eigenvalue weighted by Gasteiger charge is -2.27. The van der Waals surface area contributed by atoms with E-state index in [1.54, 1.807) is 7.11 Å². The lowest BCUT2D eigenvalue weighted by Crippen LogP contribution is -2.33. The SMILES string of the molecule is CCc1cc(OC)ccc1-c1cccc2c1N1CCNCCC1C2. The van der Waals surface area contributed by atoms with Gasteiger partial charge in [0.25, 0.3) is 0 Å². The smallest absolute Gasteiger partial charge is 0.119 e. The number of para-hydroxylation sites is 1. The highest BCUT2D eigenvalue weighted by molar-refractivity contribution is 5.85. The van der Waals surface area contributed by atoms with Crippen molar-refractivity contribution in [3.63, 3.8) is 0 Å². The lowest BCUT2D eigenvalue weighted by atomic mass is 9.94. The van der Waals surface area contributed by atoms with Gasteiger partial charge in [0.05, 0.1) is 7.11 Å². The van der Waals surface area contributed by atoms with Gasteiger partial charge >= 0.3 is 0 Å². The van der Waals surface area contributed by atoms with E-state index in [0.717, 1.165) is 31.8 Å². The number of benzene rings is 2. The highest BCUT2D eigenvalue weighted by Crippen LogP contribution is 2.43. The Kier molecular flexibility index (Phi) is 4.19. The van der Waals surface area contributed by atoms with Crippen LogP contribution in [0.2, 0.25) is 0 Å². The zero-order valence-electron chi connectivity index (χ0n) is 14.6. The van der Waals surface area contributed by atoms with Crippen LogP contribution in [0.15, 0.2) is 36.4 Å². The molecule has 0 amide bonds. The first-order chi connectivity index (χ1) is 11.8. The van der Waals surface area contributed by atoms with Gasteiger partial charge in [-0.2, -0.15) is 0 Å². The Morgan fingerprint density at radius 3 is 2.92 bits per heavy atom. The van der Waals surface area contributed by atoms with E-state index in [1.807, 2.05) is 0 Å². The fourth-order valence-electron chi connectivity index (χ4n) is 4.26. The number of hydrogen-bond donors (Lipinski definition) is 1. The quantitative estimate of drug-likeness (QED) is 0.933. The van der Waals surface area contributed by atoms with Gasteiger partial charge in [-0.25, -0.2) is 0 Å².